The number of benzene rings is 2. The normalized spacial score (nSPS) is 10.7. The molecule has 0 aliphatic rings. The van der Waals surface area contributed by atoms with E-state index in [0.29, 0.717) is 34.1 Å². The number of nitrogens with one attached hydrogen (secondary N) is 2. The minimum atomic E-state index is -0.499. The highest BCUT2D eigenvalue weighted by Crippen LogP contribution is 2.24. The fraction of sp³-hybridized carbons (Fsp3) is 0.182. The molecule has 0 aliphatic heterocycles. The minimum Gasteiger partial charge on any atom is -0.497 e. The number of amides is 2. The summed E-state index contributed by atoms with van der Waals surface area (Å²) >= 11 is 0. The van der Waals surface area contributed by atoms with Crippen LogP contribution in [0.25, 0.3) is 12.2 Å². The lowest BCUT2D eigenvalue weighted by atomic mass is 10.2. The number of rotatable bonds is 8. The standard InChI is InChI=1S/C22H24N2O6/c1-27-17-9-15(10-18(13-17)28-2)5-7-21(25)23-24-22(26)8-6-16-11-19(29-3)14-20(12-16)30-4/h5-14H,1-4H3,(H,23,25)(H,24,26)/b7-5+,8-6+. The quantitative estimate of drug-likeness (QED) is 0.511. The number of hydrogen-bond acceptors (Lipinski definition) is 6. The Morgan fingerprint density at radius 3 is 1.17 bits per heavy atom. The first kappa shape index (κ1) is 22.4. The summed E-state index contributed by atoms with van der Waals surface area (Å²) in [4.78, 5) is 23.9. The van der Waals surface area contributed by atoms with E-state index in [1.54, 1.807) is 77.0 Å². The van der Waals surface area contributed by atoms with Crippen molar-refractivity contribution in [1.82, 2.24) is 10.9 Å². The van der Waals surface area contributed by atoms with E-state index in [1.807, 2.05) is 0 Å². The third-order valence-electron chi connectivity index (χ3n) is 3.91. The lowest BCUT2D eigenvalue weighted by Gasteiger charge is -2.06. The number of hydrazine groups is 1. The predicted molar refractivity (Wildman–Crippen MR) is 113 cm³/mol. The summed E-state index contributed by atoms with van der Waals surface area (Å²) in [6, 6.07) is 10.4. The van der Waals surface area contributed by atoms with Gasteiger partial charge in [0, 0.05) is 24.3 Å². The molecule has 0 unspecified atom stereocenters. The molecule has 8 nitrogen and oxygen atoms in total. The van der Waals surface area contributed by atoms with Crippen LogP contribution in [0.2, 0.25) is 0 Å². The Morgan fingerprint density at radius 1 is 0.600 bits per heavy atom. The zero-order valence-electron chi connectivity index (χ0n) is 17.2. The van der Waals surface area contributed by atoms with Gasteiger partial charge in [0.25, 0.3) is 11.8 Å². The topological polar surface area (TPSA) is 95.1 Å². The summed E-state index contributed by atoms with van der Waals surface area (Å²) in [6.07, 6.45) is 5.71. The van der Waals surface area contributed by atoms with Gasteiger partial charge in [-0.05, 0) is 47.5 Å². The van der Waals surface area contributed by atoms with Gasteiger partial charge >= 0.3 is 0 Å². The fourth-order valence-corrected chi connectivity index (χ4v) is 2.40. The molecule has 2 rings (SSSR count). The first-order valence-corrected chi connectivity index (χ1v) is 8.89. The summed E-state index contributed by atoms with van der Waals surface area (Å²) in [7, 11) is 6.17. The number of carbonyl (C=O) groups excluding carboxylic acids is 2. The average Bonchev–Trinajstić information content (AvgIpc) is 2.79. The Bertz CT molecular complexity index is 831. The van der Waals surface area contributed by atoms with E-state index in [0.717, 1.165) is 0 Å². The third kappa shape index (κ3) is 6.90. The monoisotopic (exact) mass is 412 g/mol. The number of ether oxygens (including phenoxy) is 4. The van der Waals surface area contributed by atoms with Crippen LogP contribution >= 0.6 is 0 Å². The minimum absolute atomic E-state index is 0.499. The van der Waals surface area contributed by atoms with E-state index >= 15 is 0 Å². The van der Waals surface area contributed by atoms with Gasteiger partial charge in [-0.25, -0.2) is 0 Å². The molecule has 0 fully saturated rings. The van der Waals surface area contributed by atoms with E-state index in [2.05, 4.69) is 10.9 Å². The van der Waals surface area contributed by atoms with Crippen molar-refractivity contribution >= 4 is 24.0 Å². The van der Waals surface area contributed by atoms with Crippen LogP contribution in [0.4, 0.5) is 0 Å². The van der Waals surface area contributed by atoms with Crippen LogP contribution in [0.5, 0.6) is 23.0 Å². The van der Waals surface area contributed by atoms with E-state index in [-0.39, 0.29) is 0 Å². The van der Waals surface area contributed by atoms with Gasteiger partial charge in [0.15, 0.2) is 0 Å². The maximum atomic E-state index is 11.9. The first-order chi connectivity index (χ1) is 14.5. The molecule has 2 aromatic carbocycles. The van der Waals surface area contributed by atoms with Crippen molar-refractivity contribution in [2.24, 2.45) is 0 Å². The molecule has 0 heterocycles. The summed E-state index contributed by atoms with van der Waals surface area (Å²) in [5, 5.41) is 0. The Kier molecular flexibility index (Phi) is 8.31. The van der Waals surface area contributed by atoms with Crippen molar-refractivity contribution < 1.29 is 28.5 Å². The lowest BCUT2D eigenvalue weighted by molar-refractivity contribution is -0.123. The molecule has 8 heteroatoms. The largest absolute Gasteiger partial charge is 0.497 e. The zero-order chi connectivity index (χ0) is 21.9. The van der Waals surface area contributed by atoms with Gasteiger partial charge in [-0.15, -0.1) is 0 Å². The van der Waals surface area contributed by atoms with E-state index in [9.17, 15) is 9.59 Å². The molecule has 158 valence electrons. The van der Waals surface area contributed by atoms with Crippen LogP contribution in [0.15, 0.2) is 48.6 Å². The summed E-state index contributed by atoms with van der Waals surface area (Å²) in [6.45, 7) is 0. The molecule has 2 N–H and O–H groups in total. The smallest absolute Gasteiger partial charge is 0.262 e. The Labute approximate surface area is 175 Å². The highest BCUT2D eigenvalue weighted by Gasteiger charge is 2.03. The van der Waals surface area contributed by atoms with Crippen molar-refractivity contribution in [2.75, 3.05) is 28.4 Å². The molecular formula is C22H24N2O6. The third-order valence-corrected chi connectivity index (χ3v) is 3.91. The molecule has 0 aromatic heterocycles. The number of methoxy groups -OCH3 is 4. The lowest BCUT2D eigenvalue weighted by Crippen LogP contribution is -2.39. The fourth-order valence-electron chi connectivity index (χ4n) is 2.40. The van der Waals surface area contributed by atoms with Crippen molar-refractivity contribution in [1.29, 1.82) is 0 Å². The van der Waals surface area contributed by atoms with Crippen molar-refractivity contribution in [3.63, 3.8) is 0 Å². The maximum Gasteiger partial charge on any atom is 0.262 e. The van der Waals surface area contributed by atoms with Gasteiger partial charge < -0.3 is 18.9 Å². The highest BCUT2D eigenvalue weighted by atomic mass is 16.5. The molecule has 0 aliphatic carbocycles. The molecule has 0 saturated heterocycles. The van der Waals surface area contributed by atoms with Gasteiger partial charge in [0.1, 0.15) is 23.0 Å². The second-order valence-corrected chi connectivity index (χ2v) is 5.94. The van der Waals surface area contributed by atoms with Gasteiger partial charge in [0.2, 0.25) is 0 Å². The van der Waals surface area contributed by atoms with Gasteiger partial charge in [-0.2, -0.15) is 0 Å². The van der Waals surface area contributed by atoms with Crippen LogP contribution in [-0.4, -0.2) is 40.3 Å². The highest BCUT2D eigenvalue weighted by molar-refractivity contribution is 5.96. The number of hydrogen-bond donors (Lipinski definition) is 2. The van der Waals surface area contributed by atoms with E-state index in [4.69, 9.17) is 18.9 Å². The first-order valence-electron chi connectivity index (χ1n) is 8.89. The second-order valence-electron chi connectivity index (χ2n) is 5.94. The Hall–Kier alpha value is -3.94. The molecule has 0 saturated carbocycles. The second kappa shape index (κ2) is 11.2. The van der Waals surface area contributed by atoms with E-state index < -0.39 is 11.8 Å². The van der Waals surface area contributed by atoms with Crippen LogP contribution in [0.3, 0.4) is 0 Å². The maximum absolute atomic E-state index is 11.9. The van der Waals surface area contributed by atoms with Gasteiger partial charge in [-0.1, -0.05) is 0 Å². The molecular weight excluding hydrogens is 388 g/mol. The van der Waals surface area contributed by atoms with Crippen LogP contribution in [0, 0.1) is 0 Å². The van der Waals surface area contributed by atoms with Crippen molar-refractivity contribution in [3.05, 3.63) is 59.7 Å². The molecule has 2 aromatic rings. The van der Waals surface area contributed by atoms with Gasteiger partial charge in [-0.3, -0.25) is 20.4 Å². The molecule has 0 bridgehead atoms. The Balaban J connectivity index is 1.92. The average molecular weight is 412 g/mol. The molecule has 0 radical (unpaired) electrons. The SMILES string of the molecule is COc1cc(/C=C/C(=O)NNC(=O)/C=C/c2cc(OC)cc(OC)c2)cc(OC)c1. The van der Waals surface area contributed by atoms with Crippen LogP contribution < -0.4 is 29.8 Å². The molecule has 0 spiro atoms. The summed E-state index contributed by atoms with van der Waals surface area (Å²) in [5.41, 5.74) is 6.02. The van der Waals surface area contributed by atoms with Crippen molar-refractivity contribution in [3.8, 4) is 23.0 Å². The predicted octanol–water partition coefficient (Wildman–Crippen LogP) is 2.60. The molecule has 30 heavy (non-hydrogen) atoms. The molecule has 0 atom stereocenters. The van der Waals surface area contributed by atoms with Crippen LogP contribution in [-0.2, 0) is 9.59 Å². The Morgan fingerprint density at radius 2 is 0.900 bits per heavy atom. The summed E-state index contributed by atoms with van der Waals surface area (Å²) in [5.74, 6) is 1.40. The van der Waals surface area contributed by atoms with Crippen molar-refractivity contribution in [2.45, 2.75) is 0 Å². The van der Waals surface area contributed by atoms with Crippen LogP contribution in [0.1, 0.15) is 11.1 Å². The number of carbonyl (C=O) groups is 2. The zero-order valence-corrected chi connectivity index (χ0v) is 17.2. The summed E-state index contributed by atoms with van der Waals surface area (Å²) < 4.78 is 20.7. The molecule has 2 amide bonds. The van der Waals surface area contributed by atoms with Gasteiger partial charge in [0.05, 0.1) is 28.4 Å². The van der Waals surface area contributed by atoms with E-state index in [1.165, 1.54) is 12.2 Å².